The molecule has 0 aromatic heterocycles. The Morgan fingerprint density at radius 1 is 1.00 bits per heavy atom. The van der Waals surface area contributed by atoms with Crippen molar-refractivity contribution in [2.45, 2.75) is 32.7 Å². The number of nitrogens with two attached hydrogens (primary N) is 1. The standard InChI is InChI=1S/C20H22N.2ClH.Zr/c1-2-3-5-16-12-18-6-4-7-19(20(18)13-16)17-10-8-15(14-21)9-11-17;;;/h4,6-13H,2-3,5,14,21H2,1H3;2*1H;/q-1;;;+3/p-2. The zero-order valence-corrected chi connectivity index (χ0v) is 17.8. The van der Waals surface area contributed by atoms with E-state index in [9.17, 15) is 0 Å². The van der Waals surface area contributed by atoms with Crippen LogP contribution in [0.25, 0.3) is 21.9 Å². The number of benzene rings is 2. The van der Waals surface area contributed by atoms with Gasteiger partial charge in [0.1, 0.15) is 0 Å². The molecule has 1 radical (unpaired) electrons. The van der Waals surface area contributed by atoms with Crippen molar-refractivity contribution in [1.82, 2.24) is 0 Å². The first-order valence-electron chi connectivity index (χ1n) is 7.79. The summed E-state index contributed by atoms with van der Waals surface area (Å²) in [5.41, 5.74) is 10.9. The number of halogens is 2. The van der Waals surface area contributed by atoms with Crippen molar-refractivity contribution in [2.75, 3.05) is 0 Å². The predicted molar refractivity (Wildman–Crippen MR) is 91.5 cm³/mol. The summed E-state index contributed by atoms with van der Waals surface area (Å²) in [7, 11) is 0. The van der Waals surface area contributed by atoms with Gasteiger partial charge in [-0.3, -0.25) is 0 Å². The molecular formula is C20H22Cl2NZr. The first kappa shape index (κ1) is 23.5. The van der Waals surface area contributed by atoms with Crippen molar-refractivity contribution in [1.29, 1.82) is 0 Å². The normalized spacial score (nSPS) is 9.75. The first-order chi connectivity index (χ1) is 10.3. The Hall–Kier alpha value is -0.527. The van der Waals surface area contributed by atoms with Crippen LogP contribution in [0.5, 0.6) is 0 Å². The quantitative estimate of drug-likeness (QED) is 0.510. The van der Waals surface area contributed by atoms with Gasteiger partial charge in [0.2, 0.25) is 0 Å². The van der Waals surface area contributed by atoms with Crippen LogP contribution in [0.2, 0.25) is 0 Å². The van der Waals surface area contributed by atoms with E-state index in [1.807, 2.05) is 0 Å². The number of fused-ring (bicyclic) bond motifs is 1. The third kappa shape index (κ3) is 5.23. The smallest absolute Gasteiger partial charge is 1.00 e. The van der Waals surface area contributed by atoms with Gasteiger partial charge in [-0.25, -0.2) is 0 Å². The molecule has 0 unspecified atom stereocenters. The maximum Gasteiger partial charge on any atom is 3.00 e. The van der Waals surface area contributed by atoms with Crippen molar-refractivity contribution in [3.63, 3.8) is 0 Å². The van der Waals surface area contributed by atoms with E-state index in [1.54, 1.807) is 0 Å². The molecule has 0 aliphatic heterocycles. The van der Waals surface area contributed by atoms with E-state index < -0.39 is 0 Å². The molecule has 0 saturated heterocycles. The summed E-state index contributed by atoms with van der Waals surface area (Å²) < 4.78 is 0. The summed E-state index contributed by atoms with van der Waals surface area (Å²) in [5.74, 6) is 0. The first-order valence-corrected chi connectivity index (χ1v) is 7.79. The van der Waals surface area contributed by atoms with Gasteiger partial charge >= 0.3 is 26.2 Å². The Labute approximate surface area is 176 Å². The molecule has 125 valence electrons. The van der Waals surface area contributed by atoms with Gasteiger partial charge in [0.15, 0.2) is 0 Å². The average Bonchev–Trinajstić information content (AvgIpc) is 2.96. The number of hydrogen-bond donors (Lipinski definition) is 1. The maximum absolute atomic E-state index is 5.68. The zero-order chi connectivity index (χ0) is 14.7. The molecule has 3 aromatic carbocycles. The fourth-order valence-corrected chi connectivity index (χ4v) is 2.89. The van der Waals surface area contributed by atoms with Crippen LogP contribution < -0.4 is 30.5 Å². The van der Waals surface area contributed by atoms with Crippen LogP contribution in [0.3, 0.4) is 0 Å². The Bertz CT molecular complexity index is 735. The molecule has 0 heterocycles. The minimum atomic E-state index is 0. The minimum Gasteiger partial charge on any atom is -1.00 e. The Morgan fingerprint density at radius 2 is 1.71 bits per heavy atom. The number of hydrogen-bond acceptors (Lipinski definition) is 1. The molecule has 3 rings (SSSR count). The summed E-state index contributed by atoms with van der Waals surface area (Å²) in [6, 6.07) is 19.9. The monoisotopic (exact) mass is 436 g/mol. The van der Waals surface area contributed by atoms with Crippen molar-refractivity contribution < 1.29 is 51.0 Å². The molecule has 4 heteroatoms. The molecule has 0 aliphatic carbocycles. The second kappa shape index (κ2) is 11.2. The molecule has 2 N–H and O–H groups in total. The molecule has 0 spiro atoms. The largest absolute Gasteiger partial charge is 3.00 e. The molecular weight excluding hydrogens is 416 g/mol. The topological polar surface area (TPSA) is 26.0 Å². The van der Waals surface area contributed by atoms with Crippen LogP contribution in [0, 0.1) is 0 Å². The third-order valence-electron chi connectivity index (χ3n) is 4.13. The van der Waals surface area contributed by atoms with Crippen LogP contribution in [-0.4, -0.2) is 0 Å². The van der Waals surface area contributed by atoms with Crippen molar-refractivity contribution in [3.05, 3.63) is 65.7 Å². The Kier molecular flexibility index (Phi) is 10.9. The van der Waals surface area contributed by atoms with Gasteiger partial charge in [-0.2, -0.15) is 6.07 Å². The van der Waals surface area contributed by atoms with Gasteiger partial charge in [-0.05, 0) is 17.5 Å². The van der Waals surface area contributed by atoms with E-state index in [-0.39, 0.29) is 51.0 Å². The third-order valence-corrected chi connectivity index (χ3v) is 4.13. The second-order valence-corrected chi connectivity index (χ2v) is 5.68. The Balaban J connectivity index is 0.00000176. The van der Waals surface area contributed by atoms with Gasteiger partial charge in [0.05, 0.1) is 0 Å². The number of unbranched alkanes of at least 4 members (excludes halogenated alkanes) is 1. The van der Waals surface area contributed by atoms with E-state index in [2.05, 4.69) is 61.5 Å². The van der Waals surface area contributed by atoms with Crippen LogP contribution >= 0.6 is 0 Å². The van der Waals surface area contributed by atoms with Crippen molar-refractivity contribution in [3.8, 4) is 11.1 Å². The fourth-order valence-electron chi connectivity index (χ4n) is 2.89. The maximum atomic E-state index is 5.68. The average molecular weight is 439 g/mol. The molecule has 0 aliphatic rings. The van der Waals surface area contributed by atoms with E-state index in [4.69, 9.17) is 5.73 Å². The summed E-state index contributed by atoms with van der Waals surface area (Å²) in [6.45, 7) is 2.84. The predicted octanol–water partition coefficient (Wildman–Crippen LogP) is -0.967. The van der Waals surface area contributed by atoms with Crippen LogP contribution in [0.15, 0.2) is 54.6 Å². The molecule has 0 bridgehead atoms. The number of rotatable bonds is 5. The second-order valence-electron chi connectivity index (χ2n) is 5.68. The van der Waals surface area contributed by atoms with E-state index in [0.717, 1.165) is 0 Å². The fraction of sp³-hybridized carbons (Fsp3) is 0.250. The molecule has 0 atom stereocenters. The van der Waals surface area contributed by atoms with Crippen molar-refractivity contribution >= 4 is 10.8 Å². The zero-order valence-electron chi connectivity index (χ0n) is 13.9. The molecule has 0 fully saturated rings. The van der Waals surface area contributed by atoms with E-state index in [0.29, 0.717) is 6.54 Å². The van der Waals surface area contributed by atoms with Crippen LogP contribution in [0.1, 0.15) is 30.9 Å². The van der Waals surface area contributed by atoms with Crippen LogP contribution in [0.4, 0.5) is 0 Å². The van der Waals surface area contributed by atoms with Gasteiger partial charge in [0, 0.05) is 6.54 Å². The minimum absolute atomic E-state index is 0. The Morgan fingerprint density at radius 3 is 2.33 bits per heavy atom. The molecule has 0 saturated carbocycles. The van der Waals surface area contributed by atoms with Crippen molar-refractivity contribution in [2.24, 2.45) is 5.73 Å². The molecule has 1 nitrogen and oxygen atoms in total. The van der Waals surface area contributed by atoms with E-state index in [1.165, 1.54) is 52.3 Å². The summed E-state index contributed by atoms with van der Waals surface area (Å²) in [5, 5.41) is 2.71. The molecule has 0 amide bonds. The molecule has 3 aromatic rings. The summed E-state index contributed by atoms with van der Waals surface area (Å²) in [6.07, 6.45) is 3.68. The summed E-state index contributed by atoms with van der Waals surface area (Å²) in [4.78, 5) is 0. The summed E-state index contributed by atoms with van der Waals surface area (Å²) >= 11 is 0. The van der Waals surface area contributed by atoms with E-state index >= 15 is 0 Å². The SMILES string of the molecule is CCCCc1cc2c(-c3ccc(CN)cc3)cccc2[cH-]1.[Cl-].[Cl-].[Zr+3]. The number of aryl methyl sites for hydroxylation is 1. The van der Waals surface area contributed by atoms with Gasteiger partial charge in [-0.1, -0.05) is 55.7 Å². The van der Waals surface area contributed by atoms with Gasteiger partial charge < -0.3 is 30.5 Å². The van der Waals surface area contributed by atoms with Gasteiger partial charge in [-0.15, -0.1) is 34.5 Å². The van der Waals surface area contributed by atoms with Crippen LogP contribution in [-0.2, 0) is 39.2 Å². The van der Waals surface area contributed by atoms with Gasteiger partial charge in [0.25, 0.3) is 0 Å². The molecule has 24 heavy (non-hydrogen) atoms.